The van der Waals surface area contributed by atoms with Crippen molar-refractivity contribution in [2.75, 3.05) is 11.9 Å². The number of phenols is 1. The van der Waals surface area contributed by atoms with Crippen molar-refractivity contribution < 1.29 is 27.6 Å². The molecule has 0 heterocycles. The smallest absolute Gasteiger partial charge is 0.296 e. The number of carbonyl (C=O) groups is 1. The molecule has 0 unspecified atom stereocenters. The third-order valence-electron chi connectivity index (χ3n) is 5.71. The van der Waals surface area contributed by atoms with Crippen LogP contribution in [0.4, 0.5) is 17.1 Å². The van der Waals surface area contributed by atoms with Crippen LogP contribution >= 0.6 is 11.6 Å². The summed E-state index contributed by atoms with van der Waals surface area (Å²) in [6, 6.07) is 17.7. The number of hydrogen-bond donors (Lipinski definition) is 3. The number of rotatable bonds is 8. The Kier molecular flexibility index (Phi) is 7.96. The standard InChI is InChI=1S/C27H24ClN3O6S/c1-3-16-14-23(24(15-22(16)28)38(34,35)36)30-31-25-20-8-6-5-7-17(20)13-21(26(25)32)27(33)29-18-9-11-19(12-10-18)37-4-2/h5-15,32H,3-4H2,1-2H3,(H,29,33)(H,34,35,36). The molecule has 1 amide bonds. The number of azo groups is 1. The van der Waals surface area contributed by atoms with E-state index < -0.39 is 26.7 Å². The van der Waals surface area contributed by atoms with Gasteiger partial charge in [0.15, 0.2) is 5.75 Å². The second kappa shape index (κ2) is 11.2. The van der Waals surface area contributed by atoms with Crippen molar-refractivity contribution in [2.45, 2.75) is 25.2 Å². The predicted molar refractivity (Wildman–Crippen MR) is 146 cm³/mol. The van der Waals surface area contributed by atoms with E-state index in [1.54, 1.807) is 48.5 Å². The lowest BCUT2D eigenvalue weighted by Crippen LogP contribution is -2.12. The van der Waals surface area contributed by atoms with Gasteiger partial charge in [-0.25, -0.2) is 0 Å². The summed E-state index contributed by atoms with van der Waals surface area (Å²) in [7, 11) is -4.67. The summed E-state index contributed by atoms with van der Waals surface area (Å²) < 4.78 is 39.0. The first kappa shape index (κ1) is 27.1. The zero-order valence-electron chi connectivity index (χ0n) is 20.5. The normalized spacial score (nSPS) is 11.7. The molecule has 0 fully saturated rings. The van der Waals surface area contributed by atoms with Crippen LogP contribution in [0.2, 0.25) is 5.02 Å². The van der Waals surface area contributed by atoms with Crippen molar-refractivity contribution >= 4 is 55.5 Å². The summed E-state index contributed by atoms with van der Waals surface area (Å²) >= 11 is 6.14. The number of benzene rings is 4. The zero-order valence-corrected chi connectivity index (χ0v) is 22.0. The quantitative estimate of drug-likeness (QED) is 0.157. The molecule has 4 rings (SSSR count). The number of halogens is 1. The average Bonchev–Trinajstić information content (AvgIpc) is 2.89. The van der Waals surface area contributed by atoms with Gasteiger partial charge in [-0.2, -0.15) is 8.42 Å². The molecule has 3 N–H and O–H groups in total. The molecule has 0 aromatic heterocycles. The fourth-order valence-corrected chi connectivity index (χ4v) is 4.83. The minimum Gasteiger partial charge on any atom is -0.505 e. The third-order valence-corrected chi connectivity index (χ3v) is 6.94. The molecule has 11 heteroatoms. The fourth-order valence-electron chi connectivity index (χ4n) is 3.84. The van der Waals surface area contributed by atoms with Gasteiger partial charge in [-0.3, -0.25) is 9.35 Å². The molecule has 4 aromatic carbocycles. The van der Waals surface area contributed by atoms with E-state index in [0.29, 0.717) is 40.8 Å². The van der Waals surface area contributed by atoms with Crippen LogP contribution in [0.1, 0.15) is 29.8 Å². The Morgan fingerprint density at radius 3 is 2.39 bits per heavy atom. The third kappa shape index (κ3) is 5.77. The summed E-state index contributed by atoms with van der Waals surface area (Å²) in [6.07, 6.45) is 0.475. The number of nitrogens with one attached hydrogen (secondary N) is 1. The number of ether oxygens (including phenoxy) is 1. The van der Waals surface area contributed by atoms with Gasteiger partial charge >= 0.3 is 0 Å². The Morgan fingerprint density at radius 1 is 1.03 bits per heavy atom. The van der Waals surface area contributed by atoms with Gasteiger partial charge in [-0.1, -0.05) is 42.8 Å². The van der Waals surface area contributed by atoms with Gasteiger partial charge in [0.25, 0.3) is 16.0 Å². The van der Waals surface area contributed by atoms with E-state index in [4.69, 9.17) is 16.3 Å². The summed E-state index contributed by atoms with van der Waals surface area (Å²) in [5, 5.41) is 23.2. The second-order valence-electron chi connectivity index (χ2n) is 8.19. The number of phenolic OH excluding ortho intramolecular Hbond substituents is 1. The lowest BCUT2D eigenvalue weighted by molar-refractivity contribution is 0.102. The number of hydrogen-bond acceptors (Lipinski definition) is 7. The van der Waals surface area contributed by atoms with Crippen LogP contribution in [0.25, 0.3) is 10.8 Å². The van der Waals surface area contributed by atoms with Gasteiger partial charge in [-0.05, 0) is 66.8 Å². The van der Waals surface area contributed by atoms with Gasteiger partial charge in [0.1, 0.15) is 22.0 Å². The van der Waals surface area contributed by atoms with Crippen LogP contribution < -0.4 is 10.1 Å². The topological polar surface area (TPSA) is 138 Å². The molecule has 0 saturated carbocycles. The maximum absolute atomic E-state index is 13.1. The SMILES string of the molecule is CCOc1ccc(NC(=O)c2cc3ccccc3c(N=Nc3cc(CC)c(Cl)cc3S(=O)(=O)O)c2O)cc1. The highest BCUT2D eigenvalue weighted by atomic mass is 35.5. The molecule has 0 bridgehead atoms. The van der Waals surface area contributed by atoms with E-state index in [1.165, 1.54) is 12.1 Å². The Morgan fingerprint density at radius 2 is 1.74 bits per heavy atom. The van der Waals surface area contributed by atoms with Crippen molar-refractivity contribution in [3.8, 4) is 11.5 Å². The van der Waals surface area contributed by atoms with Crippen LogP contribution in [0.15, 0.2) is 81.9 Å². The lowest BCUT2D eigenvalue weighted by atomic mass is 10.0. The van der Waals surface area contributed by atoms with Crippen LogP contribution in [-0.4, -0.2) is 30.6 Å². The summed E-state index contributed by atoms with van der Waals surface area (Å²) in [5.41, 5.74) is 0.799. The highest BCUT2D eigenvalue weighted by Gasteiger charge is 2.21. The minimum atomic E-state index is -4.67. The summed E-state index contributed by atoms with van der Waals surface area (Å²) in [5.74, 6) is -0.388. The Balaban J connectivity index is 1.79. The number of aromatic hydroxyl groups is 1. The summed E-state index contributed by atoms with van der Waals surface area (Å²) in [6.45, 7) is 4.20. The van der Waals surface area contributed by atoms with Crippen LogP contribution in [0.5, 0.6) is 11.5 Å². The highest BCUT2D eigenvalue weighted by molar-refractivity contribution is 7.86. The molecule has 0 radical (unpaired) electrons. The molecular formula is C27H24ClN3O6S. The monoisotopic (exact) mass is 553 g/mol. The largest absolute Gasteiger partial charge is 0.505 e. The molecule has 0 aliphatic rings. The van der Waals surface area contributed by atoms with E-state index in [2.05, 4.69) is 15.5 Å². The molecule has 196 valence electrons. The molecular weight excluding hydrogens is 530 g/mol. The van der Waals surface area contributed by atoms with E-state index in [9.17, 15) is 22.9 Å². The van der Waals surface area contributed by atoms with Gasteiger partial charge in [0.05, 0.1) is 12.2 Å². The van der Waals surface area contributed by atoms with Crippen molar-refractivity contribution in [1.29, 1.82) is 0 Å². The highest BCUT2D eigenvalue weighted by Crippen LogP contribution is 2.40. The molecule has 9 nitrogen and oxygen atoms in total. The average molecular weight is 554 g/mol. The Labute approximate surface area is 224 Å². The molecule has 0 saturated heterocycles. The van der Waals surface area contributed by atoms with Crippen molar-refractivity contribution in [3.63, 3.8) is 0 Å². The second-order valence-corrected chi connectivity index (χ2v) is 9.99. The van der Waals surface area contributed by atoms with E-state index in [0.717, 1.165) is 6.07 Å². The number of amides is 1. The minimum absolute atomic E-state index is 0.0470. The van der Waals surface area contributed by atoms with Crippen LogP contribution in [0.3, 0.4) is 0 Å². The number of nitrogens with zero attached hydrogens (tertiary/aromatic N) is 2. The predicted octanol–water partition coefficient (Wildman–Crippen LogP) is 7.07. The molecule has 4 aromatic rings. The molecule has 0 aliphatic heterocycles. The van der Waals surface area contributed by atoms with Gasteiger partial charge < -0.3 is 15.2 Å². The van der Waals surface area contributed by atoms with Crippen LogP contribution in [0, 0.1) is 0 Å². The fraction of sp³-hybridized carbons (Fsp3) is 0.148. The molecule has 0 spiro atoms. The Hall–Kier alpha value is -3.99. The number of fused-ring (bicyclic) bond motifs is 1. The first-order chi connectivity index (χ1) is 18.1. The molecule has 38 heavy (non-hydrogen) atoms. The van der Waals surface area contributed by atoms with Crippen molar-refractivity contribution in [3.05, 3.63) is 82.9 Å². The number of carbonyl (C=O) groups excluding carboxylic acids is 1. The summed E-state index contributed by atoms with van der Waals surface area (Å²) in [4.78, 5) is 12.6. The number of anilines is 1. The Bertz CT molecular complexity index is 1650. The maximum atomic E-state index is 13.1. The maximum Gasteiger partial charge on any atom is 0.296 e. The van der Waals surface area contributed by atoms with Crippen molar-refractivity contribution in [1.82, 2.24) is 0 Å². The first-order valence-corrected chi connectivity index (χ1v) is 13.4. The van der Waals surface area contributed by atoms with E-state index >= 15 is 0 Å². The van der Waals surface area contributed by atoms with E-state index in [-0.39, 0.29) is 22.0 Å². The molecule has 0 aliphatic carbocycles. The zero-order chi connectivity index (χ0) is 27.4. The first-order valence-electron chi connectivity index (χ1n) is 11.6. The van der Waals surface area contributed by atoms with Crippen LogP contribution in [-0.2, 0) is 16.5 Å². The molecule has 0 atom stereocenters. The number of aryl methyl sites for hydroxylation is 1. The van der Waals surface area contributed by atoms with Crippen molar-refractivity contribution in [2.24, 2.45) is 10.2 Å². The van der Waals surface area contributed by atoms with Gasteiger partial charge in [-0.15, -0.1) is 10.2 Å². The van der Waals surface area contributed by atoms with Gasteiger partial charge in [0.2, 0.25) is 0 Å². The lowest BCUT2D eigenvalue weighted by Gasteiger charge is -2.12. The van der Waals surface area contributed by atoms with Gasteiger partial charge in [0, 0.05) is 16.1 Å². The van der Waals surface area contributed by atoms with E-state index in [1.807, 2.05) is 13.8 Å².